The number of carbonyl (C=O) groups is 2. The summed E-state index contributed by atoms with van der Waals surface area (Å²) in [5.74, 6) is 0.120. The molecule has 0 aliphatic carbocycles. The van der Waals surface area contributed by atoms with Crippen LogP contribution in [0.4, 0.5) is 0 Å². The molecule has 0 saturated heterocycles. The maximum Gasteiger partial charge on any atom is 0.261 e. The molecule has 0 aliphatic rings. The van der Waals surface area contributed by atoms with Gasteiger partial charge in [-0.15, -0.1) is 0 Å². The van der Waals surface area contributed by atoms with E-state index in [2.05, 4.69) is 5.32 Å². The zero-order valence-corrected chi connectivity index (χ0v) is 18.2. The SMILES string of the molecule is CC[C@@H](C)NC(=O)[C@@H](C)N(Cc1cccc(C)c1)C(=O)COc1ccc(Cl)cc1. The number of hydrogen-bond donors (Lipinski definition) is 1. The Labute approximate surface area is 178 Å². The summed E-state index contributed by atoms with van der Waals surface area (Å²) in [6.45, 7) is 7.87. The predicted molar refractivity (Wildman–Crippen MR) is 116 cm³/mol. The average molecular weight is 417 g/mol. The predicted octanol–water partition coefficient (Wildman–Crippen LogP) is 4.36. The maximum atomic E-state index is 13.0. The molecule has 0 aliphatic heterocycles. The van der Waals surface area contributed by atoms with E-state index in [0.717, 1.165) is 17.5 Å². The van der Waals surface area contributed by atoms with E-state index in [1.807, 2.05) is 45.0 Å². The van der Waals surface area contributed by atoms with Gasteiger partial charge in [0.2, 0.25) is 5.91 Å². The van der Waals surface area contributed by atoms with Crippen LogP contribution in [0.3, 0.4) is 0 Å². The number of carbonyl (C=O) groups excluding carboxylic acids is 2. The summed E-state index contributed by atoms with van der Waals surface area (Å²) in [6, 6.07) is 14.2. The van der Waals surface area contributed by atoms with Gasteiger partial charge in [0.25, 0.3) is 5.91 Å². The number of rotatable bonds is 9. The number of halogens is 1. The van der Waals surface area contributed by atoms with Crippen molar-refractivity contribution in [3.8, 4) is 5.75 Å². The zero-order chi connectivity index (χ0) is 21.4. The molecule has 2 atom stereocenters. The van der Waals surface area contributed by atoms with E-state index in [9.17, 15) is 9.59 Å². The van der Waals surface area contributed by atoms with E-state index in [4.69, 9.17) is 16.3 Å². The van der Waals surface area contributed by atoms with Gasteiger partial charge in [-0.1, -0.05) is 48.4 Å². The number of ether oxygens (including phenoxy) is 1. The number of benzene rings is 2. The molecule has 1 N–H and O–H groups in total. The van der Waals surface area contributed by atoms with Crippen LogP contribution < -0.4 is 10.1 Å². The van der Waals surface area contributed by atoms with Crippen molar-refractivity contribution in [1.29, 1.82) is 0 Å². The standard InChI is InChI=1S/C23H29ClN2O3/c1-5-17(3)25-23(28)18(4)26(14-19-8-6-7-16(2)13-19)22(27)15-29-21-11-9-20(24)10-12-21/h6-13,17-18H,5,14-15H2,1-4H3,(H,25,28)/t17-,18-/m1/s1. The minimum absolute atomic E-state index is 0.0474. The van der Waals surface area contributed by atoms with E-state index in [1.165, 1.54) is 0 Å². The number of aryl methyl sites for hydroxylation is 1. The van der Waals surface area contributed by atoms with Crippen molar-refractivity contribution >= 4 is 23.4 Å². The minimum Gasteiger partial charge on any atom is -0.484 e. The molecule has 0 fully saturated rings. The molecule has 156 valence electrons. The summed E-state index contributed by atoms with van der Waals surface area (Å²) in [4.78, 5) is 27.2. The molecule has 2 aromatic carbocycles. The molecule has 0 saturated carbocycles. The second-order valence-electron chi connectivity index (χ2n) is 7.25. The van der Waals surface area contributed by atoms with E-state index >= 15 is 0 Å². The van der Waals surface area contributed by atoms with Crippen LogP contribution in [-0.2, 0) is 16.1 Å². The summed E-state index contributed by atoms with van der Waals surface area (Å²) < 4.78 is 5.62. The lowest BCUT2D eigenvalue weighted by molar-refractivity contribution is -0.142. The second kappa shape index (κ2) is 10.9. The molecule has 2 amide bonds. The van der Waals surface area contributed by atoms with E-state index in [-0.39, 0.29) is 24.5 Å². The molecule has 5 nitrogen and oxygen atoms in total. The Kier molecular flexibility index (Phi) is 8.52. The molecule has 0 spiro atoms. The van der Waals surface area contributed by atoms with Crippen LogP contribution in [0.15, 0.2) is 48.5 Å². The Hall–Kier alpha value is -2.53. The lowest BCUT2D eigenvalue weighted by Crippen LogP contribution is -2.50. The number of nitrogens with zero attached hydrogens (tertiary/aromatic N) is 1. The molecular formula is C23H29ClN2O3. The molecule has 0 radical (unpaired) electrons. The first-order valence-corrected chi connectivity index (χ1v) is 10.2. The van der Waals surface area contributed by atoms with Crippen molar-refractivity contribution in [1.82, 2.24) is 10.2 Å². The molecule has 6 heteroatoms. The van der Waals surface area contributed by atoms with Crippen LogP contribution in [0.5, 0.6) is 5.75 Å². The lowest BCUT2D eigenvalue weighted by Gasteiger charge is -2.29. The van der Waals surface area contributed by atoms with Crippen LogP contribution in [-0.4, -0.2) is 35.4 Å². The van der Waals surface area contributed by atoms with Crippen molar-refractivity contribution in [3.63, 3.8) is 0 Å². The van der Waals surface area contributed by atoms with Crippen molar-refractivity contribution in [2.75, 3.05) is 6.61 Å². The Morgan fingerprint density at radius 2 is 1.83 bits per heavy atom. The van der Waals surface area contributed by atoms with Gasteiger partial charge in [-0.3, -0.25) is 9.59 Å². The highest BCUT2D eigenvalue weighted by molar-refractivity contribution is 6.30. The van der Waals surface area contributed by atoms with Gasteiger partial charge in [0.15, 0.2) is 6.61 Å². The average Bonchev–Trinajstić information content (AvgIpc) is 2.70. The smallest absolute Gasteiger partial charge is 0.261 e. The van der Waals surface area contributed by atoms with Crippen molar-refractivity contribution in [2.45, 2.75) is 52.7 Å². The van der Waals surface area contributed by atoms with Gasteiger partial charge in [0, 0.05) is 17.6 Å². The molecular weight excluding hydrogens is 388 g/mol. The third-order valence-electron chi connectivity index (χ3n) is 4.78. The third kappa shape index (κ3) is 7.09. The van der Waals surface area contributed by atoms with Crippen molar-refractivity contribution in [3.05, 3.63) is 64.7 Å². The number of hydrogen-bond acceptors (Lipinski definition) is 3. The molecule has 0 bridgehead atoms. The van der Waals surface area contributed by atoms with Gasteiger partial charge < -0.3 is 15.0 Å². The Balaban J connectivity index is 2.14. The van der Waals surface area contributed by atoms with Crippen molar-refractivity contribution in [2.24, 2.45) is 0 Å². The minimum atomic E-state index is -0.620. The lowest BCUT2D eigenvalue weighted by atomic mass is 10.1. The van der Waals surface area contributed by atoms with Crippen LogP contribution in [0.1, 0.15) is 38.3 Å². The summed E-state index contributed by atoms with van der Waals surface area (Å²) >= 11 is 5.88. The Bertz CT molecular complexity index is 823. The van der Waals surface area contributed by atoms with Gasteiger partial charge in [0.05, 0.1) is 0 Å². The Morgan fingerprint density at radius 3 is 2.45 bits per heavy atom. The first-order valence-electron chi connectivity index (χ1n) is 9.84. The van der Waals surface area contributed by atoms with E-state index < -0.39 is 6.04 Å². The van der Waals surface area contributed by atoms with Crippen molar-refractivity contribution < 1.29 is 14.3 Å². The van der Waals surface area contributed by atoms with Crippen LogP contribution >= 0.6 is 11.6 Å². The second-order valence-corrected chi connectivity index (χ2v) is 7.68. The number of nitrogens with one attached hydrogen (secondary N) is 1. The fraction of sp³-hybridized carbons (Fsp3) is 0.391. The monoisotopic (exact) mass is 416 g/mol. The zero-order valence-electron chi connectivity index (χ0n) is 17.4. The highest BCUT2D eigenvalue weighted by atomic mass is 35.5. The normalized spacial score (nSPS) is 12.7. The van der Waals surface area contributed by atoms with Gasteiger partial charge >= 0.3 is 0 Å². The van der Waals surface area contributed by atoms with Gasteiger partial charge in [-0.2, -0.15) is 0 Å². The first kappa shape index (κ1) is 22.8. The maximum absolute atomic E-state index is 13.0. The molecule has 0 unspecified atom stereocenters. The fourth-order valence-corrected chi connectivity index (χ4v) is 2.94. The van der Waals surface area contributed by atoms with Crippen LogP contribution in [0.2, 0.25) is 5.02 Å². The topological polar surface area (TPSA) is 58.6 Å². The quantitative estimate of drug-likeness (QED) is 0.660. The molecule has 0 aromatic heterocycles. The van der Waals surface area contributed by atoms with Gasteiger partial charge in [-0.05, 0) is 57.0 Å². The van der Waals surface area contributed by atoms with Crippen LogP contribution in [0.25, 0.3) is 0 Å². The summed E-state index contributed by atoms with van der Waals surface area (Å²) in [7, 11) is 0. The largest absolute Gasteiger partial charge is 0.484 e. The first-order chi connectivity index (χ1) is 13.8. The number of amides is 2. The Morgan fingerprint density at radius 1 is 1.14 bits per heavy atom. The molecule has 29 heavy (non-hydrogen) atoms. The summed E-state index contributed by atoms with van der Waals surface area (Å²) in [6.07, 6.45) is 0.823. The van der Waals surface area contributed by atoms with Crippen LogP contribution in [0, 0.1) is 6.92 Å². The highest BCUT2D eigenvalue weighted by Gasteiger charge is 2.27. The molecule has 2 rings (SSSR count). The van der Waals surface area contributed by atoms with E-state index in [0.29, 0.717) is 17.3 Å². The van der Waals surface area contributed by atoms with Gasteiger partial charge in [0.1, 0.15) is 11.8 Å². The highest BCUT2D eigenvalue weighted by Crippen LogP contribution is 2.17. The van der Waals surface area contributed by atoms with Gasteiger partial charge in [-0.25, -0.2) is 0 Å². The third-order valence-corrected chi connectivity index (χ3v) is 5.03. The fourth-order valence-electron chi connectivity index (χ4n) is 2.81. The summed E-state index contributed by atoms with van der Waals surface area (Å²) in [5, 5.41) is 3.55. The van der Waals surface area contributed by atoms with E-state index in [1.54, 1.807) is 36.1 Å². The molecule has 2 aromatic rings. The molecule has 0 heterocycles. The summed E-state index contributed by atoms with van der Waals surface area (Å²) in [5.41, 5.74) is 2.07.